The molecule has 11 nitrogen and oxygen atoms in total. The van der Waals surface area contributed by atoms with Gasteiger partial charge in [0.25, 0.3) is 6.02 Å². The predicted molar refractivity (Wildman–Crippen MR) is 153 cm³/mol. The molecule has 0 aliphatic rings. The Balaban J connectivity index is 1.74. The van der Waals surface area contributed by atoms with Gasteiger partial charge in [0, 0.05) is 50.2 Å². The summed E-state index contributed by atoms with van der Waals surface area (Å²) in [6, 6.07) is 6.05. The number of nitrogens with zero attached hydrogens (tertiary/aromatic N) is 4. The smallest absolute Gasteiger partial charge is 0.313 e. The number of ether oxygens (including phenoxy) is 2. The molecule has 1 aromatic heterocycles. The molecular weight excluding hydrogens is 500 g/mol. The van der Waals surface area contributed by atoms with Gasteiger partial charge < -0.3 is 30.1 Å². The molecule has 0 aliphatic heterocycles. The number of hydrogen-bond acceptors (Lipinski definition) is 9. The molecule has 1 heterocycles. The third-order valence-electron chi connectivity index (χ3n) is 5.70. The van der Waals surface area contributed by atoms with E-state index >= 15 is 0 Å². The van der Waals surface area contributed by atoms with Crippen molar-refractivity contribution in [1.29, 1.82) is 0 Å². The van der Waals surface area contributed by atoms with Crippen LogP contribution in [0, 0.1) is 0 Å². The highest BCUT2D eigenvalue weighted by atomic mass is 16.6. The fraction of sp³-hybridized carbons (Fsp3) is 0.607. The summed E-state index contributed by atoms with van der Waals surface area (Å²) in [5.74, 6) is -0.205. The number of aliphatic imine (C=N–C) groups is 1. The highest BCUT2D eigenvalue weighted by molar-refractivity contribution is 5.93. The van der Waals surface area contributed by atoms with Gasteiger partial charge in [0.2, 0.25) is 17.7 Å². The van der Waals surface area contributed by atoms with E-state index in [0.717, 1.165) is 37.0 Å². The molecule has 216 valence electrons. The SMILES string of the molecule is CCOc1nnc(O)c2ccc(N(CC)CCCCNC(=O)CCCC(=O)O/C(=N/C(C)C)NC(C)C)cc12. The number of aromatic hydroxyl groups is 1. The standard InChI is InChI=1S/C28H44N6O5/c1-7-34(21-14-15-22-23(18-21)27(38-8-2)33-32-26(22)37)17-10-9-16-29-24(35)12-11-13-25(36)39-28(30-19(3)4)31-20(5)6/h14-15,18-20H,7-13,16-17H2,1-6H3,(H,29,35)(H,30,31)(H,32,37). The Morgan fingerprint density at radius 2 is 1.82 bits per heavy atom. The summed E-state index contributed by atoms with van der Waals surface area (Å²) in [4.78, 5) is 30.8. The van der Waals surface area contributed by atoms with Crippen LogP contribution in [0.1, 0.15) is 73.6 Å². The van der Waals surface area contributed by atoms with Crippen LogP contribution < -0.4 is 20.3 Å². The number of benzene rings is 1. The minimum atomic E-state index is -0.403. The highest BCUT2D eigenvalue weighted by Gasteiger charge is 2.14. The molecule has 0 bridgehead atoms. The van der Waals surface area contributed by atoms with Crippen LogP contribution in [-0.4, -0.2) is 71.5 Å². The molecule has 3 N–H and O–H groups in total. The maximum Gasteiger partial charge on any atom is 0.313 e. The fourth-order valence-electron chi connectivity index (χ4n) is 3.89. The Labute approximate surface area is 231 Å². The maximum atomic E-state index is 12.2. The topological polar surface area (TPSA) is 138 Å². The van der Waals surface area contributed by atoms with Crippen LogP contribution in [0.4, 0.5) is 5.69 Å². The first-order chi connectivity index (χ1) is 18.6. The number of fused-ring (bicyclic) bond motifs is 1. The van der Waals surface area contributed by atoms with E-state index in [9.17, 15) is 14.7 Å². The van der Waals surface area contributed by atoms with Crippen molar-refractivity contribution in [2.24, 2.45) is 4.99 Å². The molecule has 0 radical (unpaired) electrons. The zero-order valence-electron chi connectivity index (χ0n) is 24.1. The fourth-order valence-corrected chi connectivity index (χ4v) is 3.89. The Bertz CT molecular complexity index is 1110. The number of carbonyl (C=O) groups is 2. The van der Waals surface area contributed by atoms with Crippen LogP contribution in [0.2, 0.25) is 0 Å². The molecule has 0 fully saturated rings. The number of carbonyl (C=O) groups excluding carboxylic acids is 2. The highest BCUT2D eigenvalue weighted by Crippen LogP contribution is 2.32. The van der Waals surface area contributed by atoms with E-state index in [1.54, 1.807) is 0 Å². The Hall–Kier alpha value is -3.63. The Kier molecular flexibility index (Phi) is 13.2. The quantitative estimate of drug-likeness (QED) is 0.132. The summed E-state index contributed by atoms with van der Waals surface area (Å²) in [5, 5.41) is 25.1. The van der Waals surface area contributed by atoms with Gasteiger partial charge in [-0.3, -0.25) is 9.59 Å². The van der Waals surface area contributed by atoms with Gasteiger partial charge in [-0.25, -0.2) is 4.99 Å². The number of esters is 1. The zero-order chi connectivity index (χ0) is 28.8. The summed E-state index contributed by atoms with van der Waals surface area (Å²) in [7, 11) is 0. The average Bonchev–Trinajstić information content (AvgIpc) is 2.87. The average molecular weight is 545 g/mol. The lowest BCUT2D eigenvalue weighted by Gasteiger charge is -2.24. The number of aromatic nitrogens is 2. The van der Waals surface area contributed by atoms with E-state index in [4.69, 9.17) is 9.47 Å². The van der Waals surface area contributed by atoms with Crippen LogP contribution in [-0.2, 0) is 14.3 Å². The summed E-state index contributed by atoms with van der Waals surface area (Å²) >= 11 is 0. The zero-order valence-corrected chi connectivity index (χ0v) is 24.1. The van der Waals surface area contributed by atoms with E-state index in [1.807, 2.05) is 52.8 Å². The van der Waals surface area contributed by atoms with Crippen LogP contribution in [0.15, 0.2) is 23.2 Å². The molecule has 0 atom stereocenters. The van der Waals surface area contributed by atoms with Crippen molar-refractivity contribution in [2.75, 3.05) is 31.1 Å². The molecular formula is C28H44N6O5. The van der Waals surface area contributed by atoms with Gasteiger partial charge in [0.05, 0.1) is 17.4 Å². The van der Waals surface area contributed by atoms with Crippen LogP contribution in [0.3, 0.4) is 0 Å². The molecule has 39 heavy (non-hydrogen) atoms. The molecule has 11 heteroatoms. The normalized spacial score (nSPS) is 11.6. The number of rotatable bonds is 15. The van der Waals surface area contributed by atoms with E-state index in [-0.39, 0.29) is 42.7 Å². The molecule has 0 spiro atoms. The molecule has 0 unspecified atom stereocenters. The van der Waals surface area contributed by atoms with Crippen LogP contribution in [0.25, 0.3) is 10.8 Å². The third kappa shape index (κ3) is 10.9. The lowest BCUT2D eigenvalue weighted by molar-refractivity contribution is -0.136. The van der Waals surface area contributed by atoms with Crippen molar-refractivity contribution in [3.8, 4) is 11.8 Å². The second kappa shape index (κ2) is 16.4. The predicted octanol–water partition coefficient (Wildman–Crippen LogP) is 3.93. The van der Waals surface area contributed by atoms with Crippen molar-refractivity contribution in [1.82, 2.24) is 20.8 Å². The minimum Gasteiger partial charge on any atom is -0.492 e. The van der Waals surface area contributed by atoms with Gasteiger partial charge >= 0.3 is 5.97 Å². The molecule has 0 saturated heterocycles. The summed E-state index contributed by atoms with van der Waals surface area (Å²) < 4.78 is 10.9. The van der Waals surface area contributed by atoms with Crippen molar-refractivity contribution in [3.63, 3.8) is 0 Å². The van der Waals surface area contributed by atoms with E-state index in [1.165, 1.54) is 0 Å². The van der Waals surface area contributed by atoms with Crippen molar-refractivity contribution < 1.29 is 24.2 Å². The molecule has 0 aliphatic carbocycles. The second-order valence-electron chi connectivity index (χ2n) is 9.78. The van der Waals surface area contributed by atoms with Crippen molar-refractivity contribution >= 4 is 34.4 Å². The first-order valence-electron chi connectivity index (χ1n) is 13.8. The minimum absolute atomic E-state index is 0.000573. The molecule has 2 rings (SSSR count). The van der Waals surface area contributed by atoms with E-state index < -0.39 is 5.97 Å². The van der Waals surface area contributed by atoms with Crippen LogP contribution in [0.5, 0.6) is 11.8 Å². The first kappa shape index (κ1) is 31.6. The molecule has 2 aromatic rings. The summed E-state index contributed by atoms with van der Waals surface area (Å²) in [5.41, 5.74) is 1.000. The Morgan fingerprint density at radius 1 is 1.05 bits per heavy atom. The molecule has 0 saturated carbocycles. The van der Waals surface area contributed by atoms with E-state index in [0.29, 0.717) is 30.8 Å². The second-order valence-corrected chi connectivity index (χ2v) is 9.78. The van der Waals surface area contributed by atoms with Gasteiger partial charge in [0.1, 0.15) is 0 Å². The maximum absolute atomic E-state index is 12.2. The van der Waals surface area contributed by atoms with Gasteiger partial charge in [0.15, 0.2) is 0 Å². The van der Waals surface area contributed by atoms with Crippen molar-refractivity contribution in [3.05, 3.63) is 18.2 Å². The number of hydrogen-bond donors (Lipinski definition) is 3. The van der Waals surface area contributed by atoms with Gasteiger partial charge in [-0.05, 0) is 79.0 Å². The number of anilines is 1. The summed E-state index contributed by atoms with van der Waals surface area (Å²) in [6.45, 7) is 14.3. The molecule has 1 amide bonds. The number of nitrogens with one attached hydrogen (secondary N) is 2. The van der Waals surface area contributed by atoms with Crippen LogP contribution >= 0.6 is 0 Å². The lowest BCUT2D eigenvalue weighted by atomic mass is 10.1. The first-order valence-corrected chi connectivity index (χ1v) is 13.8. The monoisotopic (exact) mass is 544 g/mol. The number of unbranched alkanes of at least 4 members (excludes halogenated alkanes) is 1. The van der Waals surface area contributed by atoms with Gasteiger partial charge in [-0.15, -0.1) is 10.2 Å². The number of amides is 1. The lowest BCUT2D eigenvalue weighted by Crippen LogP contribution is -2.34. The number of amidine groups is 1. The van der Waals surface area contributed by atoms with Crippen molar-refractivity contribution in [2.45, 2.75) is 85.7 Å². The third-order valence-corrected chi connectivity index (χ3v) is 5.70. The van der Waals surface area contributed by atoms with E-state index in [2.05, 4.69) is 37.6 Å². The largest absolute Gasteiger partial charge is 0.492 e. The van der Waals surface area contributed by atoms with Gasteiger partial charge in [-0.1, -0.05) is 0 Å². The van der Waals surface area contributed by atoms with Gasteiger partial charge in [-0.2, -0.15) is 0 Å². The molecule has 1 aromatic carbocycles. The Morgan fingerprint density at radius 3 is 2.49 bits per heavy atom. The summed E-state index contributed by atoms with van der Waals surface area (Å²) in [6.07, 6.45) is 2.54.